The van der Waals surface area contributed by atoms with Crippen LogP contribution in [0.3, 0.4) is 0 Å². The molecule has 0 spiro atoms. The lowest BCUT2D eigenvalue weighted by Gasteiger charge is -2.16. The van der Waals surface area contributed by atoms with E-state index in [1.165, 1.54) is 6.92 Å². The van der Waals surface area contributed by atoms with Crippen molar-refractivity contribution in [1.82, 2.24) is 10.2 Å². The van der Waals surface area contributed by atoms with Gasteiger partial charge in [-0.1, -0.05) is 6.92 Å². The van der Waals surface area contributed by atoms with Gasteiger partial charge in [0.05, 0.1) is 13.1 Å². The Labute approximate surface area is 136 Å². The minimum Gasteiger partial charge on any atom is -0.355 e. The summed E-state index contributed by atoms with van der Waals surface area (Å²) in [6.07, 6.45) is 0.879. The molecule has 0 saturated carbocycles. The molecule has 0 atom stereocenters. The van der Waals surface area contributed by atoms with Crippen molar-refractivity contribution in [2.24, 2.45) is 0 Å². The largest absolute Gasteiger partial charge is 0.355 e. The second kappa shape index (κ2) is 9.58. The second-order valence-corrected chi connectivity index (χ2v) is 5.33. The molecule has 0 radical (unpaired) electrons. The van der Waals surface area contributed by atoms with E-state index in [-0.39, 0.29) is 30.8 Å². The summed E-state index contributed by atoms with van der Waals surface area (Å²) in [5.41, 5.74) is 1.30. The molecule has 0 aliphatic rings. The molecule has 1 aromatic rings. The number of likely N-dealkylation sites (N-methyl/N-ethyl adjacent to an activating group) is 1. The van der Waals surface area contributed by atoms with E-state index < -0.39 is 0 Å². The number of benzene rings is 1. The van der Waals surface area contributed by atoms with Gasteiger partial charge in [0.15, 0.2) is 0 Å². The van der Waals surface area contributed by atoms with Crippen LogP contribution < -0.4 is 16.0 Å². The fourth-order valence-electron chi connectivity index (χ4n) is 1.91. The second-order valence-electron chi connectivity index (χ2n) is 5.33. The molecule has 0 bridgehead atoms. The molecule has 0 aromatic heterocycles. The van der Waals surface area contributed by atoms with Crippen molar-refractivity contribution < 1.29 is 14.4 Å². The number of carbonyl (C=O) groups is 3. The molecule has 23 heavy (non-hydrogen) atoms. The fraction of sp³-hybridized carbons (Fsp3) is 0.438. The van der Waals surface area contributed by atoms with Crippen LogP contribution in [0, 0.1) is 0 Å². The Morgan fingerprint density at radius 1 is 0.957 bits per heavy atom. The van der Waals surface area contributed by atoms with Crippen LogP contribution in [0.5, 0.6) is 0 Å². The van der Waals surface area contributed by atoms with Crippen molar-refractivity contribution in [3.8, 4) is 0 Å². The van der Waals surface area contributed by atoms with Crippen LogP contribution in [0.15, 0.2) is 24.3 Å². The van der Waals surface area contributed by atoms with Crippen LogP contribution in [0.1, 0.15) is 20.3 Å². The number of anilines is 2. The van der Waals surface area contributed by atoms with Crippen molar-refractivity contribution in [1.29, 1.82) is 0 Å². The number of hydrogen-bond acceptors (Lipinski definition) is 4. The van der Waals surface area contributed by atoms with Gasteiger partial charge in [0.25, 0.3) is 0 Å². The summed E-state index contributed by atoms with van der Waals surface area (Å²) in [5.74, 6) is -0.449. The molecule has 3 N–H and O–H groups in total. The number of nitrogens with one attached hydrogen (secondary N) is 3. The first-order valence-electron chi connectivity index (χ1n) is 7.53. The topological polar surface area (TPSA) is 90.5 Å². The number of hydrogen-bond donors (Lipinski definition) is 3. The van der Waals surface area contributed by atoms with Gasteiger partial charge >= 0.3 is 0 Å². The summed E-state index contributed by atoms with van der Waals surface area (Å²) >= 11 is 0. The van der Waals surface area contributed by atoms with E-state index in [0.29, 0.717) is 17.9 Å². The van der Waals surface area contributed by atoms with E-state index in [1.54, 1.807) is 36.2 Å². The average molecular weight is 320 g/mol. The predicted molar refractivity (Wildman–Crippen MR) is 90.2 cm³/mol. The molecule has 0 unspecified atom stereocenters. The molecular weight excluding hydrogens is 296 g/mol. The molecule has 0 aliphatic carbocycles. The maximum atomic E-state index is 11.9. The molecule has 7 nitrogen and oxygen atoms in total. The van der Waals surface area contributed by atoms with Gasteiger partial charge in [-0.3, -0.25) is 19.3 Å². The average Bonchev–Trinajstić information content (AvgIpc) is 2.46. The first-order valence-corrected chi connectivity index (χ1v) is 7.53. The third-order valence-corrected chi connectivity index (χ3v) is 2.89. The summed E-state index contributed by atoms with van der Waals surface area (Å²) in [6, 6.07) is 6.83. The lowest BCUT2D eigenvalue weighted by atomic mass is 10.2. The van der Waals surface area contributed by atoms with E-state index in [4.69, 9.17) is 0 Å². The van der Waals surface area contributed by atoms with Crippen LogP contribution >= 0.6 is 0 Å². The first kappa shape index (κ1) is 18.6. The zero-order valence-electron chi connectivity index (χ0n) is 13.8. The summed E-state index contributed by atoms with van der Waals surface area (Å²) < 4.78 is 0. The molecule has 0 aliphatic heterocycles. The highest BCUT2D eigenvalue weighted by Crippen LogP contribution is 2.13. The van der Waals surface area contributed by atoms with Crippen LogP contribution in [0.25, 0.3) is 0 Å². The van der Waals surface area contributed by atoms with Crippen LogP contribution in [-0.2, 0) is 14.4 Å². The van der Waals surface area contributed by atoms with Gasteiger partial charge in [-0.25, -0.2) is 0 Å². The third kappa shape index (κ3) is 7.96. The molecule has 1 aromatic carbocycles. The normalized spacial score (nSPS) is 10.3. The number of carbonyl (C=O) groups excluding carboxylic acids is 3. The molecule has 3 amide bonds. The smallest absolute Gasteiger partial charge is 0.238 e. The Kier molecular flexibility index (Phi) is 7.76. The summed E-state index contributed by atoms with van der Waals surface area (Å²) in [4.78, 5) is 36.1. The van der Waals surface area contributed by atoms with Crippen molar-refractivity contribution >= 4 is 29.1 Å². The highest BCUT2D eigenvalue weighted by molar-refractivity contribution is 5.93. The van der Waals surface area contributed by atoms with E-state index in [2.05, 4.69) is 16.0 Å². The zero-order valence-corrected chi connectivity index (χ0v) is 13.8. The van der Waals surface area contributed by atoms with Gasteiger partial charge < -0.3 is 16.0 Å². The lowest BCUT2D eigenvalue weighted by Crippen LogP contribution is -2.39. The van der Waals surface area contributed by atoms with Gasteiger partial charge in [-0.2, -0.15) is 0 Å². The highest BCUT2D eigenvalue weighted by atomic mass is 16.2. The Bertz CT molecular complexity index is 543. The number of rotatable bonds is 8. The molecule has 0 saturated heterocycles. The third-order valence-electron chi connectivity index (χ3n) is 2.89. The number of amides is 3. The lowest BCUT2D eigenvalue weighted by molar-refractivity contribution is -0.123. The minimum absolute atomic E-state index is 0.0955. The van der Waals surface area contributed by atoms with Crippen LogP contribution in [0.2, 0.25) is 0 Å². The first-order chi connectivity index (χ1) is 10.9. The number of nitrogens with zero attached hydrogens (tertiary/aromatic N) is 1. The van der Waals surface area contributed by atoms with Gasteiger partial charge in [0.1, 0.15) is 0 Å². The van der Waals surface area contributed by atoms with Gasteiger partial charge in [-0.15, -0.1) is 0 Å². The Balaban J connectivity index is 2.40. The van der Waals surface area contributed by atoms with E-state index in [9.17, 15) is 14.4 Å². The summed E-state index contributed by atoms with van der Waals surface area (Å²) in [7, 11) is 1.71. The van der Waals surface area contributed by atoms with Gasteiger partial charge in [-0.05, 0) is 37.7 Å². The Hall–Kier alpha value is -2.41. The SMILES string of the molecule is CCCNC(=O)CN(C)CC(=O)Nc1ccc(NC(C)=O)cc1. The molecule has 0 fully saturated rings. The van der Waals surface area contributed by atoms with E-state index in [1.807, 2.05) is 6.92 Å². The van der Waals surface area contributed by atoms with E-state index >= 15 is 0 Å². The van der Waals surface area contributed by atoms with Crippen LogP contribution in [-0.4, -0.2) is 49.3 Å². The van der Waals surface area contributed by atoms with Crippen molar-refractivity contribution in [3.63, 3.8) is 0 Å². The van der Waals surface area contributed by atoms with E-state index in [0.717, 1.165) is 6.42 Å². The quantitative estimate of drug-likeness (QED) is 0.667. The zero-order chi connectivity index (χ0) is 17.2. The molecule has 126 valence electrons. The summed E-state index contributed by atoms with van der Waals surface area (Å²) in [5, 5.41) is 8.16. The molecular formula is C16H24N4O3. The summed E-state index contributed by atoms with van der Waals surface area (Å²) in [6.45, 7) is 4.35. The fourth-order valence-corrected chi connectivity index (χ4v) is 1.91. The van der Waals surface area contributed by atoms with Crippen molar-refractivity contribution in [3.05, 3.63) is 24.3 Å². The predicted octanol–water partition coefficient (Wildman–Crippen LogP) is 1.04. The standard InChI is InChI=1S/C16H24N4O3/c1-4-9-17-15(22)10-20(3)11-16(23)19-14-7-5-13(6-8-14)18-12(2)21/h5-8H,4,9-11H2,1-3H3,(H,17,22)(H,18,21)(H,19,23). The maximum Gasteiger partial charge on any atom is 0.238 e. The Morgan fingerprint density at radius 2 is 1.48 bits per heavy atom. The van der Waals surface area contributed by atoms with Gasteiger partial charge in [0.2, 0.25) is 17.7 Å². The van der Waals surface area contributed by atoms with Crippen molar-refractivity contribution in [2.45, 2.75) is 20.3 Å². The minimum atomic E-state index is -0.205. The van der Waals surface area contributed by atoms with Crippen LogP contribution in [0.4, 0.5) is 11.4 Å². The molecule has 7 heteroatoms. The van der Waals surface area contributed by atoms with Crippen molar-refractivity contribution in [2.75, 3.05) is 37.3 Å². The maximum absolute atomic E-state index is 11.9. The Morgan fingerprint density at radius 3 is 2.00 bits per heavy atom. The highest BCUT2D eigenvalue weighted by Gasteiger charge is 2.10. The van der Waals surface area contributed by atoms with Gasteiger partial charge in [0, 0.05) is 24.8 Å². The monoisotopic (exact) mass is 320 g/mol. The molecule has 0 heterocycles. The molecule has 1 rings (SSSR count).